The highest BCUT2D eigenvalue weighted by atomic mass is 15.0. The van der Waals surface area contributed by atoms with Gasteiger partial charge in [0, 0.05) is 18.6 Å². The van der Waals surface area contributed by atoms with E-state index < -0.39 is 0 Å². The predicted molar refractivity (Wildman–Crippen MR) is 69.6 cm³/mol. The summed E-state index contributed by atoms with van der Waals surface area (Å²) >= 11 is 0. The molecule has 1 aliphatic carbocycles. The van der Waals surface area contributed by atoms with E-state index in [4.69, 9.17) is 0 Å². The summed E-state index contributed by atoms with van der Waals surface area (Å²) in [5.74, 6) is 1.91. The third kappa shape index (κ3) is 3.46. The zero-order valence-corrected chi connectivity index (χ0v) is 11.0. The van der Waals surface area contributed by atoms with E-state index >= 15 is 0 Å². The summed E-state index contributed by atoms with van der Waals surface area (Å²) in [7, 11) is 0. The first-order valence-electron chi connectivity index (χ1n) is 7.24. The molecule has 0 amide bonds. The number of hydrogen-bond donors (Lipinski definition) is 2. The molecule has 94 valence electrons. The van der Waals surface area contributed by atoms with Crippen molar-refractivity contribution in [2.45, 2.75) is 64.5 Å². The molecule has 4 unspecified atom stereocenters. The molecule has 1 aliphatic heterocycles. The molecule has 1 saturated heterocycles. The number of rotatable bonds is 4. The monoisotopic (exact) mass is 224 g/mol. The van der Waals surface area contributed by atoms with Crippen LogP contribution in [0.1, 0.15) is 52.4 Å². The van der Waals surface area contributed by atoms with Crippen molar-refractivity contribution < 1.29 is 0 Å². The van der Waals surface area contributed by atoms with Gasteiger partial charge in [0.2, 0.25) is 0 Å². The molecule has 0 aromatic carbocycles. The zero-order chi connectivity index (χ0) is 11.4. The largest absolute Gasteiger partial charge is 0.313 e. The van der Waals surface area contributed by atoms with Gasteiger partial charge in [0.1, 0.15) is 0 Å². The third-order valence-corrected chi connectivity index (χ3v) is 4.53. The van der Waals surface area contributed by atoms with Gasteiger partial charge in [0.15, 0.2) is 0 Å². The van der Waals surface area contributed by atoms with Gasteiger partial charge in [-0.05, 0) is 50.5 Å². The molecule has 0 spiro atoms. The van der Waals surface area contributed by atoms with E-state index in [9.17, 15) is 0 Å². The number of piperidine rings is 1. The molecule has 0 bridgehead atoms. The maximum atomic E-state index is 3.76. The average Bonchev–Trinajstić information content (AvgIpc) is 2.73. The Morgan fingerprint density at radius 2 is 2.06 bits per heavy atom. The van der Waals surface area contributed by atoms with E-state index in [0.717, 1.165) is 23.9 Å². The van der Waals surface area contributed by atoms with Crippen LogP contribution in [0, 0.1) is 11.8 Å². The van der Waals surface area contributed by atoms with Crippen LogP contribution in [-0.2, 0) is 0 Å². The highest BCUT2D eigenvalue weighted by Crippen LogP contribution is 2.25. The van der Waals surface area contributed by atoms with Crippen LogP contribution in [0.3, 0.4) is 0 Å². The fraction of sp³-hybridized carbons (Fsp3) is 1.00. The van der Waals surface area contributed by atoms with E-state index in [1.165, 1.54) is 51.6 Å². The minimum absolute atomic E-state index is 0.731. The summed E-state index contributed by atoms with van der Waals surface area (Å²) in [5.41, 5.74) is 0. The van der Waals surface area contributed by atoms with E-state index in [-0.39, 0.29) is 0 Å². The first-order chi connectivity index (χ1) is 7.78. The van der Waals surface area contributed by atoms with Crippen molar-refractivity contribution in [2.24, 2.45) is 11.8 Å². The first-order valence-corrected chi connectivity index (χ1v) is 7.24. The molecule has 0 aromatic rings. The minimum atomic E-state index is 0.731. The lowest BCUT2D eigenvalue weighted by Gasteiger charge is -2.30. The molecule has 2 fully saturated rings. The van der Waals surface area contributed by atoms with Gasteiger partial charge in [-0.15, -0.1) is 0 Å². The molecular formula is C14H28N2. The Balaban J connectivity index is 1.65. The van der Waals surface area contributed by atoms with Crippen LogP contribution >= 0.6 is 0 Å². The Hall–Kier alpha value is -0.0800. The second-order valence-corrected chi connectivity index (χ2v) is 5.97. The molecule has 2 aliphatic rings. The van der Waals surface area contributed by atoms with Gasteiger partial charge >= 0.3 is 0 Å². The topological polar surface area (TPSA) is 24.1 Å². The van der Waals surface area contributed by atoms with Crippen LogP contribution < -0.4 is 10.6 Å². The van der Waals surface area contributed by atoms with Crippen molar-refractivity contribution >= 4 is 0 Å². The van der Waals surface area contributed by atoms with Crippen LogP contribution in [0.2, 0.25) is 0 Å². The molecule has 0 radical (unpaired) electrons. The quantitative estimate of drug-likeness (QED) is 0.767. The SMILES string of the molecule is CCC1CCNC(CNC2CCC(C)C2)C1. The van der Waals surface area contributed by atoms with Crippen LogP contribution in [0.4, 0.5) is 0 Å². The van der Waals surface area contributed by atoms with Gasteiger partial charge in [-0.1, -0.05) is 20.3 Å². The molecule has 1 saturated carbocycles. The maximum absolute atomic E-state index is 3.76. The van der Waals surface area contributed by atoms with Crippen LogP contribution in [0.15, 0.2) is 0 Å². The molecule has 1 heterocycles. The minimum Gasteiger partial charge on any atom is -0.313 e. The molecule has 2 rings (SSSR count). The standard InChI is InChI=1S/C14H28N2/c1-3-12-6-7-15-14(9-12)10-16-13-5-4-11(2)8-13/h11-16H,3-10H2,1-2H3. The maximum Gasteiger partial charge on any atom is 0.0195 e. The highest BCUT2D eigenvalue weighted by molar-refractivity contribution is 4.83. The van der Waals surface area contributed by atoms with Crippen molar-refractivity contribution in [2.75, 3.05) is 13.1 Å². The van der Waals surface area contributed by atoms with Gasteiger partial charge in [-0.2, -0.15) is 0 Å². The van der Waals surface area contributed by atoms with Crippen molar-refractivity contribution in [3.8, 4) is 0 Å². The summed E-state index contributed by atoms with van der Waals surface area (Å²) in [6.07, 6.45) is 8.33. The lowest BCUT2D eigenvalue weighted by atomic mass is 9.90. The van der Waals surface area contributed by atoms with Gasteiger partial charge in [-0.3, -0.25) is 0 Å². The molecule has 2 nitrogen and oxygen atoms in total. The van der Waals surface area contributed by atoms with Crippen LogP contribution in [0.5, 0.6) is 0 Å². The van der Waals surface area contributed by atoms with Gasteiger partial charge in [-0.25, -0.2) is 0 Å². The summed E-state index contributed by atoms with van der Waals surface area (Å²) in [6.45, 7) is 7.13. The molecule has 4 atom stereocenters. The lowest BCUT2D eigenvalue weighted by Crippen LogP contribution is -2.46. The van der Waals surface area contributed by atoms with E-state index in [1.807, 2.05) is 0 Å². The average molecular weight is 224 g/mol. The van der Waals surface area contributed by atoms with Crippen molar-refractivity contribution in [1.29, 1.82) is 0 Å². The first kappa shape index (κ1) is 12.4. The Labute approximate surface area is 101 Å². The Morgan fingerprint density at radius 3 is 2.75 bits per heavy atom. The molecular weight excluding hydrogens is 196 g/mol. The summed E-state index contributed by atoms with van der Waals surface area (Å²) in [5, 5.41) is 7.42. The van der Waals surface area contributed by atoms with Gasteiger partial charge in [0.25, 0.3) is 0 Å². The Morgan fingerprint density at radius 1 is 1.19 bits per heavy atom. The second-order valence-electron chi connectivity index (χ2n) is 5.97. The summed E-state index contributed by atoms with van der Waals surface area (Å²) in [6, 6.07) is 1.54. The molecule has 2 N–H and O–H groups in total. The third-order valence-electron chi connectivity index (χ3n) is 4.53. The molecule has 2 heteroatoms. The smallest absolute Gasteiger partial charge is 0.0195 e. The molecule has 16 heavy (non-hydrogen) atoms. The van der Waals surface area contributed by atoms with Gasteiger partial charge < -0.3 is 10.6 Å². The zero-order valence-electron chi connectivity index (χ0n) is 11.0. The number of nitrogens with one attached hydrogen (secondary N) is 2. The lowest BCUT2D eigenvalue weighted by molar-refractivity contribution is 0.281. The van der Waals surface area contributed by atoms with Gasteiger partial charge in [0.05, 0.1) is 0 Å². The van der Waals surface area contributed by atoms with Crippen molar-refractivity contribution in [3.63, 3.8) is 0 Å². The van der Waals surface area contributed by atoms with Crippen molar-refractivity contribution in [3.05, 3.63) is 0 Å². The highest BCUT2D eigenvalue weighted by Gasteiger charge is 2.24. The fourth-order valence-electron chi connectivity index (χ4n) is 3.32. The van der Waals surface area contributed by atoms with E-state index in [0.29, 0.717) is 0 Å². The van der Waals surface area contributed by atoms with Crippen molar-refractivity contribution in [1.82, 2.24) is 10.6 Å². The second kappa shape index (κ2) is 6.02. The summed E-state index contributed by atoms with van der Waals surface area (Å²) < 4.78 is 0. The normalized spacial score (nSPS) is 40.1. The van der Waals surface area contributed by atoms with E-state index in [2.05, 4.69) is 24.5 Å². The Kier molecular flexibility index (Phi) is 4.66. The number of hydrogen-bond acceptors (Lipinski definition) is 2. The van der Waals surface area contributed by atoms with Crippen LogP contribution in [-0.4, -0.2) is 25.2 Å². The summed E-state index contributed by atoms with van der Waals surface area (Å²) in [4.78, 5) is 0. The predicted octanol–water partition coefficient (Wildman–Crippen LogP) is 2.54. The van der Waals surface area contributed by atoms with E-state index in [1.54, 1.807) is 0 Å². The molecule has 0 aromatic heterocycles. The fourth-order valence-corrected chi connectivity index (χ4v) is 3.32. The van der Waals surface area contributed by atoms with Crippen LogP contribution in [0.25, 0.3) is 0 Å². The Bertz CT molecular complexity index is 205.